The summed E-state index contributed by atoms with van der Waals surface area (Å²) in [7, 11) is 3.35. The minimum atomic E-state index is 0.389. The summed E-state index contributed by atoms with van der Waals surface area (Å²) in [4.78, 5) is 18.5. The van der Waals surface area contributed by atoms with Crippen LogP contribution in [0.2, 0.25) is 0 Å². The molecule has 1 saturated heterocycles. The molecule has 1 aliphatic rings. The summed E-state index contributed by atoms with van der Waals surface area (Å²) in [6.07, 6.45) is 3.21. The van der Waals surface area contributed by atoms with Crippen LogP contribution >= 0.6 is 11.3 Å². The van der Waals surface area contributed by atoms with Crippen molar-refractivity contribution < 1.29 is 14.3 Å². The van der Waals surface area contributed by atoms with Crippen LogP contribution in [0.15, 0.2) is 0 Å². The molecule has 1 aliphatic heterocycles. The molecule has 19 heavy (non-hydrogen) atoms. The van der Waals surface area contributed by atoms with Crippen LogP contribution in [0.25, 0.3) is 0 Å². The molecule has 1 fully saturated rings. The van der Waals surface area contributed by atoms with Gasteiger partial charge < -0.3 is 14.4 Å². The molecular formula is C13H20N2O3S. The summed E-state index contributed by atoms with van der Waals surface area (Å²) in [5, 5.41) is 0.926. The fraction of sp³-hybridized carbons (Fsp3) is 0.692. The summed E-state index contributed by atoms with van der Waals surface area (Å²) in [5.74, 6) is 0.549. The van der Waals surface area contributed by atoms with Gasteiger partial charge in [0.2, 0.25) is 0 Å². The molecule has 0 saturated carbocycles. The zero-order valence-corrected chi connectivity index (χ0v) is 12.2. The fourth-order valence-electron chi connectivity index (χ4n) is 2.43. The van der Waals surface area contributed by atoms with Crippen LogP contribution in [0.3, 0.4) is 0 Å². The standard InChI is InChI=1S/C13H20N2O3S/c1-17-8-10-4-3-5-15(6-10)13-14-11(9-18-2)12(7-16)19-13/h7,10H,3-6,8-9H2,1-2H3. The van der Waals surface area contributed by atoms with Crippen LogP contribution in [-0.2, 0) is 16.1 Å². The molecule has 0 N–H and O–H groups in total. The van der Waals surface area contributed by atoms with E-state index in [4.69, 9.17) is 9.47 Å². The van der Waals surface area contributed by atoms with Gasteiger partial charge >= 0.3 is 0 Å². The van der Waals surface area contributed by atoms with Crippen molar-refractivity contribution in [2.24, 2.45) is 5.92 Å². The number of rotatable bonds is 6. The summed E-state index contributed by atoms with van der Waals surface area (Å²) in [5.41, 5.74) is 0.742. The van der Waals surface area contributed by atoms with Gasteiger partial charge in [-0.25, -0.2) is 4.98 Å². The lowest BCUT2D eigenvalue weighted by Crippen LogP contribution is -2.37. The van der Waals surface area contributed by atoms with Crippen molar-refractivity contribution in [1.29, 1.82) is 0 Å². The first-order chi connectivity index (χ1) is 9.28. The van der Waals surface area contributed by atoms with Gasteiger partial charge in [0, 0.05) is 27.3 Å². The quantitative estimate of drug-likeness (QED) is 0.748. The molecular weight excluding hydrogens is 264 g/mol. The van der Waals surface area contributed by atoms with Crippen LogP contribution < -0.4 is 4.90 Å². The Hall–Kier alpha value is -0.980. The molecule has 2 heterocycles. The predicted molar refractivity (Wildman–Crippen MR) is 75.0 cm³/mol. The zero-order valence-electron chi connectivity index (χ0n) is 11.4. The molecule has 0 radical (unpaired) electrons. The van der Waals surface area contributed by atoms with Gasteiger partial charge in [-0.3, -0.25) is 4.79 Å². The van der Waals surface area contributed by atoms with E-state index in [0.717, 1.165) is 43.2 Å². The maximum absolute atomic E-state index is 11.0. The topological polar surface area (TPSA) is 51.7 Å². The van der Waals surface area contributed by atoms with E-state index >= 15 is 0 Å². The molecule has 6 heteroatoms. The Kier molecular flexibility index (Phi) is 5.30. The lowest BCUT2D eigenvalue weighted by Gasteiger charge is -2.32. The van der Waals surface area contributed by atoms with E-state index in [1.807, 2.05) is 0 Å². The van der Waals surface area contributed by atoms with Crippen molar-refractivity contribution in [3.8, 4) is 0 Å². The Labute approximate surface area is 117 Å². The molecule has 0 amide bonds. The summed E-state index contributed by atoms with van der Waals surface area (Å²) < 4.78 is 10.3. The van der Waals surface area contributed by atoms with Gasteiger partial charge in [-0.1, -0.05) is 11.3 Å². The Bertz CT molecular complexity index is 420. The summed E-state index contributed by atoms with van der Waals surface area (Å²) >= 11 is 1.45. The van der Waals surface area contributed by atoms with Crippen molar-refractivity contribution in [1.82, 2.24) is 4.98 Å². The number of thiazole rings is 1. The van der Waals surface area contributed by atoms with Crippen molar-refractivity contribution >= 4 is 22.8 Å². The Morgan fingerprint density at radius 2 is 2.32 bits per heavy atom. The highest BCUT2D eigenvalue weighted by atomic mass is 32.1. The molecule has 1 unspecified atom stereocenters. The Morgan fingerprint density at radius 3 is 3.00 bits per heavy atom. The second kappa shape index (κ2) is 6.98. The minimum absolute atomic E-state index is 0.389. The van der Waals surface area contributed by atoms with E-state index in [9.17, 15) is 4.79 Å². The third-order valence-electron chi connectivity index (χ3n) is 3.30. The van der Waals surface area contributed by atoms with E-state index in [-0.39, 0.29) is 0 Å². The third-order valence-corrected chi connectivity index (χ3v) is 4.38. The largest absolute Gasteiger partial charge is 0.384 e. The highest BCUT2D eigenvalue weighted by Crippen LogP contribution is 2.29. The first-order valence-electron chi connectivity index (χ1n) is 6.46. The number of carbonyl (C=O) groups excluding carboxylic acids is 1. The summed E-state index contributed by atoms with van der Waals surface area (Å²) in [6, 6.07) is 0. The maximum Gasteiger partial charge on any atom is 0.186 e. The first-order valence-corrected chi connectivity index (χ1v) is 7.27. The van der Waals surface area contributed by atoms with Crippen molar-refractivity contribution in [2.75, 3.05) is 38.8 Å². The highest BCUT2D eigenvalue weighted by molar-refractivity contribution is 7.17. The van der Waals surface area contributed by atoms with E-state index in [1.165, 1.54) is 17.8 Å². The monoisotopic (exact) mass is 284 g/mol. The van der Waals surface area contributed by atoms with Gasteiger partial charge in [0.15, 0.2) is 11.4 Å². The average Bonchev–Trinajstić information content (AvgIpc) is 2.83. The van der Waals surface area contributed by atoms with E-state index in [2.05, 4.69) is 9.88 Å². The maximum atomic E-state index is 11.0. The predicted octanol–water partition coefficient (Wildman–Crippen LogP) is 1.96. The molecule has 1 aromatic heterocycles. The first kappa shape index (κ1) is 14.4. The van der Waals surface area contributed by atoms with Gasteiger partial charge in [-0.05, 0) is 18.8 Å². The van der Waals surface area contributed by atoms with Crippen LogP contribution in [0.4, 0.5) is 5.13 Å². The van der Waals surface area contributed by atoms with Gasteiger partial charge in [0.1, 0.15) is 0 Å². The number of methoxy groups -OCH3 is 2. The molecule has 1 atom stereocenters. The Morgan fingerprint density at radius 1 is 1.47 bits per heavy atom. The zero-order chi connectivity index (χ0) is 13.7. The number of hydrogen-bond donors (Lipinski definition) is 0. The molecule has 0 bridgehead atoms. The molecule has 1 aromatic rings. The van der Waals surface area contributed by atoms with E-state index in [1.54, 1.807) is 14.2 Å². The molecule has 0 aliphatic carbocycles. The second-order valence-corrected chi connectivity index (χ2v) is 5.78. The van der Waals surface area contributed by atoms with Crippen molar-refractivity contribution in [2.45, 2.75) is 19.4 Å². The lowest BCUT2D eigenvalue weighted by molar-refractivity contribution is 0.112. The SMILES string of the molecule is COCc1nc(N2CCCC(COC)C2)sc1C=O. The number of aromatic nitrogens is 1. The van der Waals surface area contributed by atoms with Crippen LogP contribution in [0, 0.1) is 5.92 Å². The Balaban J connectivity index is 2.10. The van der Waals surface area contributed by atoms with E-state index < -0.39 is 0 Å². The van der Waals surface area contributed by atoms with Gasteiger partial charge in [-0.15, -0.1) is 0 Å². The number of hydrogen-bond acceptors (Lipinski definition) is 6. The van der Waals surface area contributed by atoms with Crippen LogP contribution in [0.5, 0.6) is 0 Å². The number of aldehydes is 1. The molecule has 5 nitrogen and oxygen atoms in total. The van der Waals surface area contributed by atoms with Crippen molar-refractivity contribution in [3.63, 3.8) is 0 Å². The fourth-order valence-corrected chi connectivity index (χ4v) is 3.35. The number of piperidine rings is 1. The number of anilines is 1. The normalized spacial score (nSPS) is 19.7. The average molecular weight is 284 g/mol. The second-order valence-electron chi connectivity index (χ2n) is 4.77. The summed E-state index contributed by atoms with van der Waals surface area (Å²) in [6.45, 7) is 3.12. The number of ether oxygens (including phenoxy) is 2. The lowest BCUT2D eigenvalue weighted by atomic mass is 9.99. The number of carbonyl (C=O) groups is 1. The smallest absolute Gasteiger partial charge is 0.186 e. The van der Waals surface area contributed by atoms with Gasteiger partial charge in [0.25, 0.3) is 0 Å². The molecule has 2 rings (SSSR count). The van der Waals surface area contributed by atoms with Crippen LogP contribution in [-0.4, -0.2) is 45.2 Å². The number of nitrogens with zero attached hydrogens (tertiary/aromatic N) is 2. The molecule has 0 spiro atoms. The van der Waals surface area contributed by atoms with Crippen molar-refractivity contribution in [3.05, 3.63) is 10.6 Å². The third kappa shape index (κ3) is 3.52. The highest BCUT2D eigenvalue weighted by Gasteiger charge is 2.23. The van der Waals surface area contributed by atoms with Gasteiger partial charge in [-0.2, -0.15) is 0 Å². The minimum Gasteiger partial charge on any atom is -0.384 e. The van der Waals surface area contributed by atoms with Gasteiger partial charge in [0.05, 0.1) is 23.8 Å². The van der Waals surface area contributed by atoms with Crippen LogP contribution in [0.1, 0.15) is 28.2 Å². The van der Waals surface area contributed by atoms with E-state index in [0.29, 0.717) is 17.4 Å². The molecule has 0 aromatic carbocycles. The molecule has 106 valence electrons.